The molecule has 0 unspecified atom stereocenters. The number of rotatable bonds is 7. The van der Waals surface area contributed by atoms with E-state index in [2.05, 4.69) is 31.2 Å². The molecule has 1 aliphatic rings. The molecule has 0 fully saturated rings. The monoisotopic (exact) mass is 515 g/mol. The lowest BCUT2D eigenvalue weighted by Crippen LogP contribution is -2.30. The van der Waals surface area contributed by atoms with E-state index in [9.17, 15) is 19.2 Å². The number of amides is 3. The molecular weight excluding hydrogens is 494 g/mol. The van der Waals surface area contributed by atoms with Crippen molar-refractivity contribution in [2.45, 2.75) is 19.5 Å². The Balaban J connectivity index is 1.32. The number of carbonyl (C=O) groups excluding carboxylic acids is 3. The Morgan fingerprint density at radius 2 is 1.92 bits per heavy atom. The summed E-state index contributed by atoms with van der Waals surface area (Å²) in [5.74, 6) is -1.82. The third kappa shape index (κ3) is 4.97. The molecule has 0 saturated heterocycles. The fourth-order valence-corrected chi connectivity index (χ4v) is 3.88. The van der Waals surface area contributed by atoms with Gasteiger partial charge >= 0.3 is 5.97 Å². The minimum Gasteiger partial charge on any atom is -0.482 e. The van der Waals surface area contributed by atoms with Crippen LogP contribution in [-0.2, 0) is 11.3 Å². The highest BCUT2D eigenvalue weighted by atomic mass is 16.5. The second kappa shape index (κ2) is 9.97. The van der Waals surface area contributed by atoms with Gasteiger partial charge in [0.2, 0.25) is 0 Å². The number of ether oxygens (including phenoxy) is 1. The van der Waals surface area contributed by atoms with Crippen molar-refractivity contribution in [1.82, 2.24) is 30.4 Å². The molecule has 5 rings (SSSR count). The van der Waals surface area contributed by atoms with Crippen LogP contribution in [0.15, 0.2) is 54.7 Å². The molecular formula is C25H21N7O6. The number of benzene rings is 2. The summed E-state index contributed by atoms with van der Waals surface area (Å²) in [6.45, 7) is 1.82. The molecule has 3 amide bonds. The molecule has 0 saturated carbocycles. The number of nitrogens with one attached hydrogen (secondary N) is 3. The van der Waals surface area contributed by atoms with Crippen molar-refractivity contribution in [3.8, 4) is 5.75 Å². The van der Waals surface area contributed by atoms with E-state index in [1.807, 2.05) is 0 Å². The van der Waals surface area contributed by atoms with Crippen molar-refractivity contribution >= 4 is 35.0 Å². The smallest absolute Gasteiger partial charge is 0.335 e. The molecule has 4 aromatic rings. The van der Waals surface area contributed by atoms with Crippen LogP contribution < -0.4 is 20.7 Å². The van der Waals surface area contributed by atoms with Crippen LogP contribution in [0, 0.1) is 0 Å². The van der Waals surface area contributed by atoms with Crippen LogP contribution in [0.4, 0.5) is 5.69 Å². The Morgan fingerprint density at radius 1 is 1.13 bits per heavy atom. The fourth-order valence-electron chi connectivity index (χ4n) is 3.88. The summed E-state index contributed by atoms with van der Waals surface area (Å²) < 4.78 is 6.57. The SMILES string of the molecule is C[C@@H](NC(=O)c1cc(C(=O)NCc2ccc3c(c2)NC(=O)CO3)n2nncc2n1)c1ccc(C(=O)O)cc1. The summed E-state index contributed by atoms with van der Waals surface area (Å²) in [4.78, 5) is 53.0. The third-order valence-corrected chi connectivity index (χ3v) is 5.87. The molecule has 2 aromatic heterocycles. The van der Waals surface area contributed by atoms with Gasteiger partial charge in [0, 0.05) is 12.6 Å². The van der Waals surface area contributed by atoms with Crippen molar-refractivity contribution in [1.29, 1.82) is 0 Å². The molecule has 0 aliphatic carbocycles. The summed E-state index contributed by atoms with van der Waals surface area (Å²) in [6.07, 6.45) is 1.33. The standard InChI is InChI=1S/C25H21N7O6/c1-13(15-3-5-16(6-4-15)25(36)37)28-23(34)18-9-19(32-21(29-18)11-27-31-32)24(35)26-10-14-2-7-20-17(8-14)30-22(33)12-38-20/h2-9,11,13H,10,12H2,1H3,(H,26,35)(H,28,34)(H,30,33)(H,36,37)/t13-/m1/s1. The van der Waals surface area contributed by atoms with Gasteiger partial charge in [0.1, 0.15) is 17.1 Å². The van der Waals surface area contributed by atoms with Crippen LogP contribution in [0.5, 0.6) is 5.75 Å². The molecule has 1 aliphatic heterocycles. The summed E-state index contributed by atoms with van der Waals surface area (Å²) in [6, 6.07) is 12.2. The van der Waals surface area contributed by atoms with Crippen molar-refractivity contribution in [3.63, 3.8) is 0 Å². The van der Waals surface area contributed by atoms with Gasteiger partial charge in [-0.3, -0.25) is 14.4 Å². The minimum atomic E-state index is -1.04. The highest BCUT2D eigenvalue weighted by molar-refractivity contribution is 5.98. The van der Waals surface area contributed by atoms with Crippen LogP contribution in [0.3, 0.4) is 0 Å². The van der Waals surface area contributed by atoms with Crippen LogP contribution in [-0.4, -0.2) is 55.2 Å². The lowest BCUT2D eigenvalue weighted by molar-refractivity contribution is -0.118. The third-order valence-electron chi connectivity index (χ3n) is 5.87. The van der Waals surface area contributed by atoms with Crippen LogP contribution >= 0.6 is 0 Å². The van der Waals surface area contributed by atoms with E-state index < -0.39 is 23.8 Å². The second-order valence-electron chi connectivity index (χ2n) is 8.50. The number of carboxylic acid groups (broad SMARTS) is 1. The first-order valence-corrected chi connectivity index (χ1v) is 11.5. The molecule has 0 spiro atoms. The maximum absolute atomic E-state index is 13.1. The first-order chi connectivity index (χ1) is 18.3. The van der Waals surface area contributed by atoms with Crippen molar-refractivity contribution in [2.75, 3.05) is 11.9 Å². The summed E-state index contributed by atoms with van der Waals surface area (Å²) in [5, 5.41) is 25.0. The highest BCUT2D eigenvalue weighted by Crippen LogP contribution is 2.28. The van der Waals surface area contributed by atoms with Gasteiger partial charge in [-0.2, -0.15) is 4.52 Å². The largest absolute Gasteiger partial charge is 0.482 e. The van der Waals surface area contributed by atoms with Gasteiger partial charge in [-0.05, 0) is 42.3 Å². The highest BCUT2D eigenvalue weighted by Gasteiger charge is 2.21. The Labute approximate surface area is 214 Å². The van der Waals surface area contributed by atoms with E-state index in [1.54, 1.807) is 37.3 Å². The minimum absolute atomic E-state index is 0.0207. The Kier molecular flexibility index (Phi) is 6.39. The van der Waals surface area contributed by atoms with Gasteiger partial charge in [0.25, 0.3) is 17.7 Å². The molecule has 0 radical (unpaired) electrons. The van der Waals surface area contributed by atoms with E-state index in [1.165, 1.54) is 28.9 Å². The fraction of sp³-hybridized carbons (Fsp3) is 0.160. The normalized spacial score (nSPS) is 13.1. The number of nitrogens with zero attached hydrogens (tertiary/aromatic N) is 4. The molecule has 1 atom stereocenters. The van der Waals surface area contributed by atoms with Crippen molar-refractivity contribution in [3.05, 3.63) is 82.8 Å². The molecule has 192 valence electrons. The van der Waals surface area contributed by atoms with Gasteiger partial charge in [0.05, 0.1) is 23.5 Å². The maximum Gasteiger partial charge on any atom is 0.335 e. The first-order valence-electron chi connectivity index (χ1n) is 11.5. The number of anilines is 1. The van der Waals surface area contributed by atoms with Crippen LogP contribution in [0.1, 0.15) is 55.4 Å². The van der Waals surface area contributed by atoms with Crippen molar-refractivity contribution in [2.24, 2.45) is 0 Å². The maximum atomic E-state index is 13.1. The zero-order valence-electron chi connectivity index (χ0n) is 20.0. The number of aromatic carboxylic acids is 1. The quantitative estimate of drug-likeness (QED) is 0.284. The molecule has 2 aromatic carbocycles. The van der Waals surface area contributed by atoms with Crippen LogP contribution in [0.25, 0.3) is 5.65 Å². The summed E-state index contributed by atoms with van der Waals surface area (Å²) in [7, 11) is 0. The van der Waals surface area contributed by atoms with E-state index in [0.29, 0.717) is 22.6 Å². The van der Waals surface area contributed by atoms with Crippen molar-refractivity contribution < 1.29 is 29.0 Å². The Morgan fingerprint density at radius 3 is 2.68 bits per heavy atom. The topological polar surface area (TPSA) is 177 Å². The van der Waals surface area contributed by atoms with Gasteiger partial charge in [-0.15, -0.1) is 5.10 Å². The molecule has 13 heteroatoms. The number of carboxylic acids is 1. The van der Waals surface area contributed by atoms with E-state index in [4.69, 9.17) is 9.84 Å². The predicted molar refractivity (Wildman–Crippen MR) is 132 cm³/mol. The lowest BCUT2D eigenvalue weighted by atomic mass is 10.1. The number of carbonyl (C=O) groups is 4. The van der Waals surface area contributed by atoms with E-state index in [-0.39, 0.29) is 41.7 Å². The average molecular weight is 515 g/mol. The number of hydrogen-bond acceptors (Lipinski definition) is 8. The van der Waals surface area contributed by atoms with Crippen LogP contribution in [0.2, 0.25) is 0 Å². The van der Waals surface area contributed by atoms with E-state index in [0.717, 1.165) is 0 Å². The van der Waals surface area contributed by atoms with Gasteiger partial charge in [-0.1, -0.05) is 23.4 Å². The second-order valence-corrected chi connectivity index (χ2v) is 8.50. The zero-order chi connectivity index (χ0) is 26.8. The predicted octanol–water partition coefficient (Wildman–Crippen LogP) is 1.57. The Bertz CT molecular complexity index is 1580. The van der Waals surface area contributed by atoms with E-state index >= 15 is 0 Å². The molecule has 13 nitrogen and oxygen atoms in total. The van der Waals surface area contributed by atoms with Gasteiger partial charge in [-0.25, -0.2) is 9.78 Å². The first kappa shape index (κ1) is 24.4. The Hall–Kier alpha value is -5.33. The molecule has 38 heavy (non-hydrogen) atoms. The summed E-state index contributed by atoms with van der Waals surface area (Å²) >= 11 is 0. The van der Waals surface area contributed by atoms with Gasteiger partial charge < -0.3 is 25.8 Å². The number of fused-ring (bicyclic) bond motifs is 2. The molecule has 3 heterocycles. The van der Waals surface area contributed by atoms with Gasteiger partial charge in [0.15, 0.2) is 12.3 Å². The number of aromatic nitrogens is 4. The molecule has 4 N–H and O–H groups in total. The lowest BCUT2D eigenvalue weighted by Gasteiger charge is -2.18. The zero-order valence-corrected chi connectivity index (χ0v) is 20.0. The average Bonchev–Trinajstić information content (AvgIpc) is 3.39. The molecule has 0 bridgehead atoms. The summed E-state index contributed by atoms with van der Waals surface area (Å²) in [5.41, 5.74) is 2.29. The number of hydrogen-bond donors (Lipinski definition) is 4.